The molecule has 1 N–H and O–H groups in total. The molecule has 0 unspecified atom stereocenters. The normalized spacial score (nSPS) is 12.3. The third-order valence-corrected chi connectivity index (χ3v) is 4.48. The lowest BCUT2D eigenvalue weighted by Gasteiger charge is -2.27. The van der Waals surface area contributed by atoms with Gasteiger partial charge in [-0.1, -0.05) is 6.07 Å². The first-order chi connectivity index (χ1) is 8.75. The van der Waals surface area contributed by atoms with Gasteiger partial charge in [-0.25, -0.2) is 13.1 Å². The van der Waals surface area contributed by atoms with E-state index in [0.717, 1.165) is 5.56 Å². The van der Waals surface area contributed by atoms with E-state index in [9.17, 15) is 8.42 Å². The molecule has 0 saturated heterocycles. The van der Waals surface area contributed by atoms with Crippen molar-refractivity contribution < 1.29 is 17.9 Å². The Bertz CT molecular complexity index is 538. The van der Waals surface area contributed by atoms with Crippen LogP contribution in [-0.4, -0.2) is 28.4 Å². The van der Waals surface area contributed by atoms with Crippen LogP contribution in [0.5, 0.6) is 11.5 Å². The summed E-state index contributed by atoms with van der Waals surface area (Å²) in [4.78, 5) is 0. The van der Waals surface area contributed by atoms with E-state index in [-0.39, 0.29) is 5.75 Å². The SMILES string of the molecule is CCS(=O)(=O)NC(C)(C)c1ccc(OC)c(OC)c1. The van der Waals surface area contributed by atoms with Gasteiger partial charge in [-0.15, -0.1) is 0 Å². The monoisotopic (exact) mass is 287 g/mol. The highest BCUT2D eigenvalue weighted by atomic mass is 32.2. The van der Waals surface area contributed by atoms with Crippen LogP contribution in [0.1, 0.15) is 26.3 Å². The minimum absolute atomic E-state index is 0.0454. The summed E-state index contributed by atoms with van der Waals surface area (Å²) < 4.78 is 36.4. The maximum absolute atomic E-state index is 11.7. The zero-order chi connectivity index (χ0) is 14.7. The van der Waals surface area contributed by atoms with Crippen LogP contribution in [0.15, 0.2) is 18.2 Å². The van der Waals surface area contributed by atoms with Gasteiger partial charge in [0.2, 0.25) is 10.0 Å². The van der Waals surface area contributed by atoms with Crippen molar-refractivity contribution in [2.75, 3.05) is 20.0 Å². The fourth-order valence-corrected chi connectivity index (χ4v) is 2.78. The Morgan fingerprint density at radius 1 is 1.16 bits per heavy atom. The molecular formula is C13H21NO4S. The predicted molar refractivity (Wildman–Crippen MR) is 75.2 cm³/mol. The first-order valence-electron chi connectivity index (χ1n) is 6.00. The largest absolute Gasteiger partial charge is 0.493 e. The average Bonchev–Trinajstić information content (AvgIpc) is 2.36. The van der Waals surface area contributed by atoms with Crippen LogP contribution in [-0.2, 0) is 15.6 Å². The molecule has 0 radical (unpaired) electrons. The van der Waals surface area contributed by atoms with E-state index in [2.05, 4.69) is 4.72 Å². The third-order valence-electron chi connectivity index (χ3n) is 2.90. The van der Waals surface area contributed by atoms with Crippen LogP contribution >= 0.6 is 0 Å². The van der Waals surface area contributed by atoms with E-state index >= 15 is 0 Å². The Labute approximate surface area is 115 Å². The fourth-order valence-electron chi connectivity index (χ4n) is 1.74. The standard InChI is InChI=1S/C13H21NO4S/c1-6-19(15,16)14-13(2,3)10-7-8-11(17-4)12(9-10)18-5/h7-9,14H,6H2,1-5H3. The molecular weight excluding hydrogens is 266 g/mol. The van der Waals surface area contributed by atoms with Gasteiger partial charge in [-0.05, 0) is 38.5 Å². The van der Waals surface area contributed by atoms with Crippen LogP contribution in [0.2, 0.25) is 0 Å². The van der Waals surface area contributed by atoms with Crippen LogP contribution in [0.25, 0.3) is 0 Å². The van der Waals surface area contributed by atoms with E-state index < -0.39 is 15.6 Å². The molecule has 1 aromatic carbocycles. The predicted octanol–water partition coefficient (Wildman–Crippen LogP) is 1.88. The molecule has 0 aliphatic carbocycles. The molecule has 0 bridgehead atoms. The van der Waals surface area contributed by atoms with Gasteiger partial charge in [0, 0.05) is 0 Å². The van der Waals surface area contributed by atoms with Crippen LogP contribution < -0.4 is 14.2 Å². The summed E-state index contributed by atoms with van der Waals surface area (Å²) in [5.41, 5.74) is 0.0937. The number of benzene rings is 1. The lowest BCUT2D eigenvalue weighted by molar-refractivity contribution is 0.352. The molecule has 0 fully saturated rings. The number of ether oxygens (including phenoxy) is 2. The lowest BCUT2D eigenvalue weighted by Crippen LogP contribution is -2.41. The van der Waals surface area contributed by atoms with Crippen LogP contribution in [0.3, 0.4) is 0 Å². The number of nitrogens with one attached hydrogen (secondary N) is 1. The molecule has 19 heavy (non-hydrogen) atoms. The van der Waals surface area contributed by atoms with Gasteiger partial charge in [0.15, 0.2) is 11.5 Å². The molecule has 0 aliphatic rings. The molecule has 5 nitrogen and oxygen atoms in total. The highest BCUT2D eigenvalue weighted by Gasteiger charge is 2.26. The quantitative estimate of drug-likeness (QED) is 0.867. The van der Waals surface area contributed by atoms with Crippen LogP contribution in [0.4, 0.5) is 0 Å². The van der Waals surface area contributed by atoms with E-state index in [0.29, 0.717) is 11.5 Å². The van der Waals surface area contributed by atoms with E-state index in [1.54, 1.807) is 33.3 Å². The van der Waals surface area contributed by atoms with E-state index in [1.165, 1.54) is 0 Å². The molecule has 6 heteroatoms. The summed E-state index contributed by atoms with van der Waals surface area (Å²) in [6.07, 6.45) is 0. The Morgan fingerprint density at radius 2 is 1.74 bits per heavy atom. The van der Waals surface area contributed by atoms with Crippen LogP contribution in [0, 0.1) is 0 Å². The molecule has 1 aromatic rings. The first-order valence-corrected chi connectivity index (χ1v) is 7.65. The maximum atomic E-state index is 11.7. The van der Waals surface area contributed by atoms with Gasteiger partial charge < -0.3 is 9.47 Å². The van der Waals surface area contributed by atoms with Gasteiger partial charge in [-0.3, -0.25) is 0 Å². The number of methoxy groups -OCH3 is 2. The Balaban J connectivity index is 3.15. The van der Waals surface area contributed by atoms with Crippen molar-refractivity contribution in [1.29, 1.82) is 0 Å². The minimum Gasteiger partial charge on any atom is -0.493 e. The highest BCUT2D eigenvalue weighted by molar-refractivity contribution is 7.89. The van der Waals surface area contributed by atoms with Crippen molar-refractivity contribution in [1.82, 2.24) is 4.72 Å². The lowest BCUT2D eigenvalue weighted by atomic mass is 9.95. The van der Waals surface area contributed by atoms with Crippen molar-refractivity contribution in [3.63, 3.8) is 0 Å². The second-order valence-corrected chi connectivity index (χ2v) is 6.71. The second kappa shape index (κ2) is 5.79. The number of hydrogen-bond acceptors (Lipinski definition) is 4. The zero-order valence-corrected chi connectivity index (χ0v) is 12.8. The Kier molecular flexibility index (Phi) is 4.81. The van der Waals surface area contributed by atoms with Gasteiger partial charge in [0.1, 0.15) is 0 Å². The smallest absolute Gasteiger partial charge is 0.212 e. The van der Waals surface area contributed by atoms with E-state index in [4.69, 9.17) is 9.47 Å². The molecule has 0 aromatic heterocycles. The van der Waals surface area contributed by atoms with Gasteiger partial charge >= 0.3 is 0 Å². The molecule has 0 saturated carbocycles. The molecule has 1 rings (SSSR count). The van der Waals surface area contributed by atoms with Crippen molar-refractivity contribution in [3.8, 4) is 11.5 Å². The summed E-state index contributed by atoms with van der Waals surface area (Å²) in [7, 11) is -0.178. The third kappa shape index (κ3) is 3.84. The summed E-state index contributed by atoms with van der Waals surface area (Å²) in [6, 6.07) is 5.35. The van der Waals surface area contributed by atoms with Gasteiger partial charge in [0.25, 0.3) is 0 Å². The van der Waals surface area contributed by atoms with E-state index in [1.807, 2.05) is 19.9 Å². The minimum atomic E-state index is -3.28. The number of rotatable bonds is 6. The number of sulfonamides is 1. The van der Waals surface area contributed by atoms with Crippen molar-refractivity contribution in [3.05, 3.63) is 23.8 Å². The van der Waals surface area contributed by atoms with Crippen molar-refractivity contribution in [2.24, 2.45) is 0 Å². The maximum Gasteiger partial charge on any atom is 0.212 e. The van der Waals surface area contributed by atoms with Crippen molar-refractivity contribution in [2.45, 2.75) is 26.3 Å². The first kappa shape index (κ1) is 15.8. The summed E-state index contributed by atoms with van der Waals surface area (Å²) >= 11 is 0. The molecule has 108 valence electrons. The van der Waals surface area contributed by atoms with Crippen molar-refractivity contribution >= 4 is 10.0 Å². The van der Waals surface area contributed by atoms with Gasteiger partial charge in [-0.2, -0.15) is 0 Å². The Morgan fingerprint density at radius 3 is 2.21 bits per heavy atom. The number of hydrogen-bond donors (Lipinski definition) is 1. The fraction of sp³-hybridized carbons (Fsp3) is 0.538. The average molecular weight is 287 g/mol. The summed E-state index contributed by atoms with van der Waals surface area (Å²) in [6.45, 7) is 5.22. The molecule has 0 spiro atoms. The second-order valence-electron chi connectivity index (χ2n) is 4.70. The van der Waals surface area contributed by atoms with Gasteiger partial charge in [0.05, 0.1) is 25.5 Å². The molecule has 0 heterocycles. The topological polar surface area (TPSA) is 64.6 Å². The Hall–Kier alpha value is -1.27. The molecule has 0 atom stereocenters. The highest BCUT2D eigenvalue weighted by Crippen LogP contribution is 2.32. The summed E-state index contributed by atoms with van der Waals surface area (Å²) in [5.74, 6) is 1.23. The molecule has 0 amide bonds. The zero-order valence-electron chi connectivity index (χ0n) is 12.0. The molecule has 0 aliphatic heterocycles. The summed E-state index contributed by atoms with van der Waals surface area (Å²) in [5, 5.41) is 0.